The van der Waals surface area contributed by atoms with Gasteiger partial charge in [-0.25, -0.2) is 0 Å². The van der Waals surface area contributed by atoms with Crippen LogP contribution in [0.15, 0.2) is 5.16 Å². The van der Waals surface area contributed by atoms with Crippen molar-refractivity contribution in [2.24, 2.45) is 16.3 Å². The van der Waals surface area contributed by atoms with Gasteiger partial charge in [0, 0.05) is 12.6 Å². The van der Waals surface area contributed by atoms with Gasteiger partial charge in [0.1, 0.15) is 5.41 Å². The van der Waals surface area contributed by atoms with Crippen LogP contribution in [-0.4, -0.2) is 34.4 Å². The molecule has 5 nitrogen and oxygen atoms in total. The molecule has 0 spiro atoms. The first-order valence-corrected chi connectivity index (χ1v) is 7.86. The molecule has 0 heterocycles. The van der Waals surface area contributed by atoms with E-state index in [1.54, 1.807) is 0 Å². The number of oxime groups is 1. The fourth-order valence-corrected chi connectivity index (χ4v) is 3.01. The zero-order valence-electron chi connectivity index (χ0n) is 13.1. The minimum absolute atomic E-state index is 0.0563. The summed E-state index contributed by atoms with van der Waals surface area (Å²) in [5.41, 5.74) is 5.11. The Morgan fingerprint density at radius 1 is 1.25 bits per heavy atom. The number of hydrogen-bond donors (Lipinski definition) is 2. The minimum atomic E-state index is -0.823. The largest absolute Gasteiger partial charge is 0.409 e. The summed E-state index contributed by atoms with van der Waals surface area (Å²) in [7, 11) is 0. The van der Waals surface area contributed by atoms with Crippen LogP contribution in [0.5, 0.6) is 0 Å². The van der Waals surface area contributed by atoms with E-state index in [1.807, 2.05) is 18.7 Å². The van der Waals surface area contributed by atoms with Crippen LogP contribution >= 0.6 is 0 Å². The van der Waals surface area contributed by atoms with Crippen LogP contribution in [0.4, 0.5) is 0 Å². The van der Waals surface area contributed by atoms with E-state index in [0.717, 1.165) is 38.6 Å². The summed E-state index contributed by atoms with van der Waals surface area (Å²) in [5, 5.41) is 12.3. The predicted molar refractivity (Wildman–Crippen MR) is 80.7 cm³/mol. The Kier molecular flexibility index (Phi) is 6.30. The van der Waals surface area contributed by atoms with Crippen LogP contribution in [0.2, 0.25) is 0 Å². The highest BCUT2D eigenvalue weighted by atomic mass is 16.4. The van der Waals surface area contributed by atoms with Gasteiger partial charge in [-0.3, -0.25) is 4.79 Å². The average Bonchev–Trinajstić information content (AvgIpc) is 3.27. The SMILES string of the molecule is CCCN(C(=O)C(CCC)(CCC)C(N)=NO)C1CC1. The Bertz CT molecular complexity index is 345. The van der Waals surface area contributed by atoms with Crippen molar-refractivity contribution >= 4 is 11.7 Å². The number of amides is 1. The molecule has 1 fully saturated rings. The molecule has 1 saturated carbocycles. The van der Waals surface area contributed by atoms with Gasteiger partial charge in [-0.15, -0.1) is 0 Å². The Morgan fingerprint density at radius 2 is 1.80 bits per heavy atom. The van der Waals surface area contributed by atoms with E-state index in [0.29, 0.717) is 18.9 Å². The normalized spacial score (nSPS) is 16.2. The van der Waals surface area contributed by atoms with E-state index in [-0.39, 0.29) is 11.7 Å². The number of nitrogens with zero attached hydrogens (tertiary/aromatic N) is 2. The van der Waals surface area contributed by atoms with Crippen molar-refractivity contribution in [3.05, 3.63) is 0 Å². The van der Waals surface area contributed by atoms with E-state index in [4.69, 9.17) is 10.9 Å². The first kappa shape index (κ1) is 16.8. The number of carbonyl (C=O) groups is 1. The molecule has 0 aromatic carbocycles. The van der Waals surface area contributed by atoms with Crippen LogP contribution in [0.25, 0.3) is 0 Å². The maximum Gasteiger partial charge on any atom is 0.236 e. The minimum Gasteiger partial charge on any atom is -0.409 e. The van der Waals surface area contributed by atoms with Crippen LogP contribution in [0.3, 0.4) is 0 Å². The third-order valence-corrected chi connectivity index (χ3v) is 4.07. The van der Waals surface area contributed by atoms with E-state index >= 15 is 0 Å². The predicted octanol–water partition coefficient (Wildman–Crippen LogP) is 2.72. The van der Waals surface area contributed by atoms with Gasteiger partial charge in [0.25, 0.3) is 0 Å². The molecule has 5 heteroatoms. The molecule has 0 saturated heterocycles. The highest BCUT2D eigenvalue weighted by molar-refractivity contribution is 6.06. The van der Waals surface area contributed by atoms with Crippen molar-refractivity contribution < 1.29 is 10.0 Å². The molecule has 0 radical (unpaired) electrons. The molecule has 1 amide bonds. The summed E-state index contributed by atoms with van der Waals surface area (Å²) in [5.74, 6) is 0.133. The molecular formula is C15H29N3O2. The topological polar surface area (TPSA) is 78.9 Å². The molecule has 0 aromatic heterocycles. The molecule has 1 aliphatic rings. The number of rotatable bonds is 9. The molecule has 20 heavy (non-hydrogen) atoms. The summed E-state index contributed by atoms with van der Waals surface area (Å²) < 4.78 is 0. The van der Waals surface area contributed by atoms with Crippen molar-refractivity contribution in [3.8, 4) is 0 Å². The molecule has 0 aliphatic heterocycles. The second-order valence-corrected chi connectivity index (χ2v) is 5.80. The summed E-state index contributed by atoms with van der Waals surface area (Å²) in [6, 6.07) is 0.363. The number of hydrogen-bond acceptors (Lipinski definition) is 3. The smallest absolute Gasteiger partial charge is 0.236 e. The lowest BCUT2D eigenvalue weighted by Gasteiger charge is -2.36. The Labute approximate surface area is 122 Å². The van der Waals surface area contributed by atoms with E-state index in [9.17, 15) is 4.79 Å². The molecule has 0 aromatic rings. The zero-order chi connectivity index (χ0) is 15.2. The molecule has 1 rings (SSSR count). The average molecular weight is 283 g/mol. The van der Waals surface area contributed by atoms with Gasteiger partial charge in [0.05, 0.1) is 0 Å². The maximum absolute atomic E-state index is 13.1. The van der Waals surface area contributed by atoms with Crippen molar-refractivity contribution in [1.29, 1.82) is 0 Å². The van der Waals surface area contributed by atoms with E-state index < -0.39 is 5.41 Å². The standard InChI is InChI=1S/C15H29N3O2/c1-4-9-15(10-5-2,13(16)17-20)14(19)18(11-6-3)12-7-8-12/h12,20H,4-11H2,1-3H3,(H2,16,17). The number of nitrogens with two attached hydrogens (primary N) is 1. The van der Waals surface area contributed by atoms with Gasteiger partial charge in [0.2, 0.25) is 5.91 Å². The lowest BCUT2D eigenvalue weighted by atomic mass is 9.76. The highest BCUT2D eigenvalue weighted by Crippen LogP contribution is 2.37. The third kappa shape index (κ3) is 3.44. The molecule has 3 N–H and O–H groups in total. The second kappa shape index (κ2) is 7.50. The lowest BCUT2D eigenvalue weighted by molar-refractivity contribution is -0.140. The molecule has 1 aliphatic carbocycles. The monoisotopic (exact) mass is 283 g/mol. The highest BCUT2D eigenvalue weighted by Gasteiger charge is 2.47. The zero-order valence-corrected chi connectivity index (χ0v) is 13.1. The van der Waals surface area contributed by atoms with Crippen molar-refractivity contribution in [1.82, 2.24) is 4.90 Å². The Balaban J connectivity index is 3.08. The van der Waals surface area contributed by atoms with E-state index in [1.165, 1.54) is 0 Å². The van der Waals surface area contributed by atoms with Gasteiger partial charge in [-0.2, -0.15) is 0 Å². The summed E-state index contributed by atoms with van der Waals surface area (Å²) in [4.78, 5) is 15.0. The van der Waals surface area contributed by atoms with Gasteiger partial charge in [-0.1, -0.05) is 38.8 Å². The Morgan fingerprint density at radius 3 is 2.15 bits per heavy atom. The quantitative estimate of drug-likeness (QED) is 0.295. The van der Waals surface area contributed by atoms with Crippen molar-refractivity contribution in [3.63, 3.8) is 0 Å². The van der Waals surface area contributed by atoms with E-state index in [2.05, 4.69) is 12.1 Å². The van der Waals surface area contributed by atoms with Crippen molar-refractivity contribution in [2.45, 2.75) is 71.8 Å². The first-order chi connectivity index (χ1) is 9.57. The summed E-state index contributed by atoms with van der Waals surface area (Å²) in [6.45, 7) is 6.90. The summed E-state index contributed by atoms with van der Waals surface area (Å²) >= 11 is 0. The molecule has 116 valence electrons. The molecule has 0 unspecified atom stereocenters. The van der Waals surface area contributed by atoms with Gasteiger partial charge in [-0.05, 0) is 32.1 Å². The molecular weight excluding hydrogens is 254 g/mol. The van der Waals surface area contributed by atoms with Crippen LogP contribution < -0.4 is 5.73 Å². The third-order valence-electron chi connectivity index (χ3n) is 4.07. The van der Waals surface area contributed by atoms with Crippen LogP contribution in [0, 0.1) is 5.41 Å². The van der Waals surface area contributed by atoms with Gasteiger partial charge < -0.3 is 15.8 Å². The fourth-order valence-electron chi connectivity index (χ4n) is 3.01. The molecule has 0 bridgehead atoms. The van der Waals surface area contributed by atoms with Crippen LogP contribution in [-0.2, 0) is 4.79 Å². The Hall–Kier alpha value is -1.26. The van der Waals surface area contributed by atoms with Crippen molar-refractivity contribution in [2.75, 3.05) is 6.54 Å². The van der Waals surface area contributed by atoms with Gasteiger partial charge >= 0.3 is 0 Å². The number of amidine groups is 1. The van der Waals surface area contributed by atoms with Gasteiger partial charge in [0.15, 0.2) is 5.84 Å². The second-order valence-electron chi connectivity index (χ2n) is 5.80. The maximum atomic E-state index is 13.1. The fraction of sp³-hybridized carbons (Fsp3) is 0.867. The first-order valence-electron chi connectivity index (χ1n) is 7.86. The lowest BCUT2D eigenvalue weighted by Crippen LogP contribution is -2.52. The molecule has 0 atom stereocenters. The summed E-state index contributed by atoms with van der Waals surface area (Å²) in [6.07, 6.45) is 6.06. The van der Waals surface area contributed by atoms with Crippen LogP contribution in [0.1, 0.15) is 65.7 Å². The number of carbonyl (C=O) groups excluding carboxylic acids is 1.